The van der Waals surface area contributed by atoms with Gasteiger partial charge in [-0.25, -0.2) is 0 Å². The van der Waals surface area contributed by atoms with E-state index in [2.05, 4.69) is 102 Å². The van der Waals surface area contributed by atoms with Crippen LogP contribution < -0.4 is 0 Å². The molecule has 0 nitrogen and oxygen atoms in total. The molecule has 0 saturated heterocycles. The Labute approximate surface area is 145 Å². The second kappa shape index (κ2) is 10.0. The molecule has 122 valence electrons. The SMILES string of the molecule is Cc1ccc(C)cc1.Cc1ccc(C)s1.Cc1cccc(C)c1. The standard InChI is InChI=1S/2C8H10.C6H8S/c1-7-3-5-8(2)6-4-7;1-7-4-3-5-8(2)6-7;1-5-3-4-6(2)7-5/h2*3-6H,1-2H3;3-4H,1-2H3. The fourth-order valence-electron chi connectivity index (χ4n) is 2.00. The Morgan fingerprint density at radius 2 is 0.870 bits per heavy atom. The highest BCUT2D eigenvalue weighted by Crippen LogP contribution is 2.12. The third kappa shape index (κ3) is 9.00. The fourth-order valence-corrected chi connectivity index (χ4v) is 2.78. The van der Waals surface area contributed by atoms with Gasteiger partial charge < -0.3 is 0 Å². The summed E-state index contributed by atoms with van der Waals surface area (Å²) in [5.74, 6) is 0. The number of hydrogen-bond donors (Lipinski definition) is 0. The van der Waals surface area contributed by atoms with Gasteiger partial charge in [-0.15, -0.1) is 11.3 Å². The molecule has 0 aliphatic carbocycles. The van der Waals surface area contributed by atoms with Gasteiger partial charge in [0.15, 0.2) is 0 Å². The van der Waals surface area contributed by atoms with Gasteiger partial charge in [-0.2, -0.15) is 0 Å². The number of aryl methyl sites for hydroxylation is 6. The largest absolute Gasteiger partial charge is 0.146 e. The number of rotatable bonds is 0. The Bertz CT molecular complexity index is 635. The van der Waals surface area contributed by atoms with Crippen LogP contribution in [0, 0.1) is 41.5 Å². The molecule has 3 rings (SSSR count). The van der Waals surface area contributed by atoms with Crippen LogP contribution in [0.1, 0.15) is 32.0 Å². The molecule has 0 radical (unpaired) electrons. The van der Waals surface area contributed by atoms with Gasteiger partial charge in [0, 0.05) is 9.75 Å². The van der Waals surface area contributed by atoms with Crippen molar-refractivity contribution in [1.29, 1.82) is 0 Å². The zero-order valence-electron chi connectivity index (χ0n) is 15.2. The van der Waals surface area contributed by atoms with Crippen molar-refractivity contribution >= 4 is 11.3 Å². The van der Waals surface area contributed by atoms with Crippen molar-refractivity contribution in [3.05, 3.63) is 92.7 Å². The van der Waals surface area contributed by atoms with Crippen molar-refractivity contribution in [1.82, 2.24) is 0 Å². The molecule has 1 aromatic heterocycles. The lowest BCUT2D eigenvalue weighted by atomic mass is 10.2. The van der Waals surface area contributed by atoms with Crippen molar-refractivity contribution in [2.45, 2.75) is 41.5 Å². The maximum atomic E-state index is 2.17. The van der Waals surface area contributed by atoms with E-state index in [4.69, 9.17) is 0 Å². The molecule has 0 fully saturated rings. The van der Waals surface area contributed by atoms with E-state index in [9.17, 15) is 0 Å². The Morgan fingerprint density at radius 3 is 1.09 bits per heavy atom. The molecule has 0 bridgehead atoms. The van der Waals surface area contributed by atoms with Gasteiger partial charge >= 0.3 is 0 Å². The molecule has 0 atom stereocenters. The average molecular weight is 325 g/mol. The molecule has 2 aromatic carbocycles. The van der Waals surface area contributed by atoms with E-state index in [0.29, 0.717) is 0 Å². The van der Waals surface area contributed by atoms with Crippen LogP contribution >= 0.6 is 11.3 Å². The van der Waals surface area contributed by atoms with Gasteiger partial charge in [-0.1, -0.05) is 70.8 Å². The van der Waals surface area contributed by atoms with E-state index in [0.717, 1.165) is 0 Å². The minimum atomic E-state index is 1.33. The molecule has 3 aromatic rings. The summed E-state index contributed by atoms with van der Waals surface area (Å²) in [6.07, 6.45) is 0. The van der Waals surface area contributed by atoms with Crippen LogP contribution in [0.15, 0.2) is 60.7 Å². The van der Waals surface area contributed by atoms with Crippen LogP contribution in [0.3, 0.4) is 0 Å². The molecule has 0 aliphatic heterocycles. The Hall–Kier alpha value is -1.86. The van der Waals surface area contributed by atoms with Crippen molar-refractivity contribution < 1.29 is 0 Å². The highest BCUT2D eigenvalue weighted by atomic mass is 32.1. The van der Waals surface area contributed by atoms with E-state index in [1.54, 1.807) is 0 Å². The fraction of sp³-hybridized carbons (Fsp3) is 0.273. The van der Waals surface area contributed by atoms with Crippen LogP contribution in [-0.4, -0.2) is 0 Å². The summed E-state index contributed by atoms with van der Waals surface area (Å²) in [5.41, 5.74) is 5.33. The van der Waals surface area contributed by atoms with Crippen LogP contribution in [0.2, 0.25) is 0 Å². The van der Waals surface area contributed by atoms with Crippen LogP contribution in [0.4, 0.5) is 0 Å². The van der Waals surface area contributed by atoms with Crippen LogP contribution in [0.25, 0.3) is 0 Å². The lowest BCUT2D eigenvalue weighted by Crippen LogP contribution is -1.71. The predicted molar refractivity (Wildman–Crippen MR) is 106 cm³/mol. The Kier molecular flexibility index (Phi) is 8.36. The highest BCUT2D eigenvalue weighted by molar-refractivity contribution is 7.11. The summed E-state index contributed by atoms with van der Waals surface area (Å²) < 4.78 is 0. The summed E-state index contributed by atoms with van der Waals surface area (Å²) in [5, 5.41) is 0. The quantitative estimate of drug-likeness (QED) is 0.419. The smallest absolute Gasteiger partial charge is 0.00170 e. The molecule has 0 saturated carbocycles. The third-order valence-electron chi connectivity index (χ3n) is 3.27. The first-order valence-corrected chi connectivity index (χ1v) is 8.78. The lowest BCUT2D eigenvalue weighted by Gasteiger charge is -1.90. The van der Waals surface area contributed by atoms with E-state index >= 15 is 0 Å². The number of thiophene rings is 1. The summed E-state index contributed by atoms with van der Waals surface area (Å²) in [6, 6.07) is 21.2. The van der Waals surface area contributed by atoms with Crippen molar-refractivity contribution in [3.8, 4) is 0 Å². The monoisotopic (exact) mass is 324 g/mol. The molecule has 0 aliphatic rings. The first kappa shape index (κ1) is 19.2. The molecule has 23 heavy (non-hydrogen) atoms. The molecule has 0 amide bonds. The first-order valence-electron chi connectivity index (χ1n) is 7.96. The minimum absolute atomic E-state index is 1.33. The molecular formula is C22H28S. The molecule has 0 spiro atoms. The third-order valence-corrected chi connectivity index (χ3v) is 4.18. The molecule has 1 heterocycles. The van der Waals surface area contributed by atoms with Gasteiger partial charge in [0.25, 0.3) is 0 Å². The lowest BCUT2D eigenvalue weighted by molar-refractivity contribution is 1.39. The Morgan fingerprint density at radius 1 is 0.478 bits per heavy atom. The van der Waals surface area contributed by atoms with E-state index in [-0.39, 0.29) is 0 Å². The summed E-state index contributed by atoms with van der Waals surface area (Å²) in [7, 11) is 0. The average Bonchev–Trinajstić information content (AvgIpc) is 2.87. The van der Waals surface area contributed by atoms with Gasteiger partial charge in [-0.05, 0) is 53.7 Å². The zero-order valence-corrected chi connectivity index (χ0v) is 16.0. The number of hydrogen-bond acceptors (Lipinski definition) is 1. The number of benzene rings is 2. The van der Waals surface area contributed by atoms with Gasteiger partial charge in [-0.3, -0.25) is 0 Å². The zero-order chi connectivity index (χ0) is 17.2. The highest BCUT2D eigenvalue weighted by Gasteiger charge is 1.84. The minimum Gasteiger partial charge on any atom is -0.146 e. The van der Waals surface area contributed by atoms with Crippen LogP contribution in [-0.2, 0) is 0 Å². The maximum Gasteiger partial charge on any atom is 0.00170 e. The van der Waals surface area contributed by atoms with Crippen molar-refractivity contribution in [2.75, 3.05) is 0 Å². The maximum absolute atomic E-state index is 2.17. The molecular weight excluding hydrogens is 296 g/mol. The van der Waals surface area contributed by atoms with E-state index < -0.39 is 0 Å². The second-order valence-electron chi connectivity index (χ2n) is 5.97. The van der Waals surface area contributed by atoms with Gasteiger partial charge in [0.05, 0.1) is 0 Å². The summed E-state index contributed by atoms with van der Waals surface area (Å²) >= 11 is 1.84. The van der Waals surface area contributed by atoms with E-state index in [1.807, 2.05) is 11.3 Å². The topological polar surface area (TPSA) is 0 Å². The van der Waals surface area contributed by atoms with Crippen molar-refractivity contribution in [3.63, 3.8) is 0 Å². The van der Waals surface area contributed by atoms with Gasteiger partial charge in [0.2, 0.25) is 0 Å². The van der Waals surface area contributed by atoms with E-state index in [1.165, 1.54) is 32.0 Å². The van der Waals surface area contributed by atoms with Crippen molar-refractivity contribution in [2.24, 2.45) is 0 Å². The Balaban J connectivity index is 0.000000173. The normalized spacial score (nSPS) is 9.30. The second-order valence-corrected chi connectivity index (χ2v) is 7.46. The summed E-state index contributed by atoms with van der Waals surface area (Å²) in [4.78, 5) is 2.80. The molecule has 0 N–H and O–H groups in total. The van der Waals surface area contributed by atoms with Gasteiger partial charge in [0.1, 0.15) is 0 Å². The predicted octanol–water partition coefficient (Wildman–Crippen LogP) is 6.97. The first-order chi connectivity index (χ1) is 10.9. The molecule has 0 unspecified atom stereocenters. The van der Waals surface area contributed by atoms with Crippen LogP contribution in [0.5, 0.6) is 0 Å². The molecule has 1 heteroatoms. The summed E-state index contributed by atoms with van der Waals surface area (Å²) in [6.45, 7) is 12.6.